The molecular formula is C15H23BrN2O. The van der Waals surface area contributed by atoms with Gasteiger partial charge in [-0.1, -0.05) is 22.9 Å². The summed E-state index contributed by atoms with van der Waals surface area (Å²) in [4.78, 5) is 2.37. The Hall–Kier alpha value is -0.580. The molecule has 1 N–H and O–H groups in total. The molecule has 1 aromatic rings. The van der Waals surface area contributed by atoms with Crippen molar-refractivity contribution in [3.05, 3.63) is 28.7 Å². The third-order valence-electron chi connectivity index (χ3n) is 3.66. The third kappa shape index (κ3) is 4.79. The van der Waals surface area contributed by atoms with Crippen LogP contribution in [0.3, 0.4) is 0 Å². The molecular weight excluding hydrogens is 304 g/mol. The lowest BCUT2D eigenvalue weighted by molar-refractivity contribution is 0.177. The van der Waals surface area contributed by atoms with Crippen LogP contribution in [0.25, 0.3) is 0 Å². The predicted molar refractivity (Wildman–Crippen MR) is 82.7 cm³/mol. The molecule has 3 nitrogen and oxygen atoms in total. The molecule has 0 amide bonds. The lowest BCUT2D eigenvalue weighted by atomic mass is 9.89. The summed E-state index contributed by atoms with van der Waals surface area (Å²) < 4.78 is 6.83. The van der Waals surface area contributed by atoms with E-state index in [4.69, 9.17) is 4.74 Å². The normalized spacial score (nSPS) is 22.9. The number of likely N-dealkylation sites (N-methyl/N-ethyl adjacent to an activating group) is 1. The molecule has 1 heterocycles. The maximum absolute atomic E-state index is 5.75. The number of hydrogen-bond donors (Lipinski definition) is 1. The SMILES string of the molecule is CN(CCOc1ccc(Br)cc1)CC1(C)CCNC1. The zero-order chi connectivity index (χ0) is 13.7. The highest BCUT2D eigenvalue weighted by Crippen LogP contribution is 2.25. The van der Waals surface area contributed by atoms with Gasteiger partial charge in [-0.25, -0.2) is 0 Å². The van der Waals surface area contributed by atoms with Crippen LogP contribution in [0.1, 0.15) is 13.3 Å². The van der Waals surface area contributed by atoms with Crippen LogP contribution in [0.2, 0.25) is 0 Å². The molecule has 1 atom stereocenters. The summed E-state index contributed by atoms with van der Waals surface area (Å²) in [6.07, 6.45) is 1.27. The van der Waals surface area contributed by atoms with Gasteiger partial charge in [-0.15, -0.1) is 0 Å². The first kappa shape index (κ1) is 14.8. The minimum absolute atomic E-state index is 0.423. The lowest BCUT2D eigenvalue weighted by Gasteiger charge is -2.29. The van der Waals surface area contributed by atoms with E-state index in [-0.39, 0.29) is 0 Å². The van der Waals surface area contributed by atoms with Crippen molar-refractivity contribution in [2.24, 2.45) is 5.41 Å². The summed E-state index contributed by atoms with van der Waals surface area (Å²) in [5, 5.41) is 3.44. The van der Waals surface area contributed by atoms with Gasteiger partial charge in [0.2, 0.25) is 0 Å². The first-order valence-corrected chi connectivity index (χ1v) is 7.64. The molecule has 1 aliphatic heterocycles. The summed E-state index contributed by atoms with van der Waals surface area (Å²) in [6.45, 7) is 7.47. The molecule has 0 bridgehead atoms. The monoisotopic (exact) mass is 326 g/mol. The fourth-order valence-electron chi connectivity index (χ4n) is 2.58. The van der Waals surface area contributed by atoms with Gasteiger partial charge >= 0.3 is 0 Å². The van der Waals surface area contributed by atoms with Crippen LogP contribution < -0.4 is 10.1 Å². The van der Waals surface area contributed by atoms with Crippen molar-refractivity contribution in [1.82, 2.24) is 10.2 Å². The Balaban J connectivity index is 1.69. The molecule has 1 unspecified atom stereocenters. The number of halogens is 1. The Morgan fingerprint density at radius 3 is 2.74 bits per heavy atom. The van der Waals surface area contributed by atoms with E-state index in [0.29, 0.717) is 5.41 Å². The number of benzene rings is 1. The van der Waals surface area contributed by atoms with Crippen molar-refractivity contribution in [2.75, 3.05) is 39.8 Å². The molecule has 0 radical (unpaired) electrons. The van der Waals surface area contributed by atoms with Crippen molar-refractivity contribution in [1.29, 1.82) is 0 Å². The van der Waals surface area contributed by atoms with E-state index in [1.165, 1.54) is 6.42 Å². The minimum Gasteiger partial charge on any atom is -0.492 e. The Kier molecular flexibility index (Phi) is 5.25. The van der Waals surface area contributed by atoms with Crippen LogP contribution in [0, 0.1) is 5.41 Å². The van der Waals surface area contributed by atoms with Gasteiger partial charge in [-0.05, 0) is 49.7 Å². The molecule has 0 saturated carbocycles. The average Bonchev–Trinajstić information content (AvgIpc) is 2.78. The van der Waals surface area contributed by atoms with E-state index >= 15 is 0 Å². The van der Waals surface area contributed by atoms with Crippen LogP contribution in [0.15, 0.2) is 28.7 Å². The van der Waals surface area contributed by atoms with Crippen LogP contribution >= 0.6 is 15.9 Å². The topological polar surface area (TPSA) is 24.5 Å². The summed E-state index contributed by atoms with van der Waals surface area (Å²) in [5.74, 6) is 0.936. The van der Waals surface area contributed by atoms with E-state index in [1.807, 2.05) is 24.3 Å². The van der Waals surface area contributed by atoms with E-state index < -0.39 is 0 Å². The molecule has 19 heavy (non-hydrogen) atoms. The standard InChI is InChI=1S/C15H23BrN2O/c1-15(7-8-17-11-15)12-18(2)9-10-19-14-5-3-13(16)4-6-14/h3-6,17H,7-12H2,1-2H3. The maximum atomic E-state index is 5.75. The fraction of sp³-hybridized carbons (Fsp3) is 0.600. The Morgan fingerprint density at radius 1 is 1.37 bits per heavy atom. The van der Waals surface area contributed by atoms with Gasteiger partial charge < -0.3 is 15.0 Å². The summed E-state index contributed by atoms with van der Waals surface area (Å²) in [7, 11) is 2.18. The molecule has 1 saturated heterocycles. The summed E-state index contributed by atoms with van der Waals surface area (Å²) in [5.41, 5.74) is 0.423. The number of nitrogens with one attached hydrogen (secondary N) is 1. The van der Waals surface area contributed by atoms with Crippen molar-refractivity contribution >= 4 is 15.9 Å². The minimum atomic E-state index is 0.423. The van der Waals surface area contributed by atoms with E-state index in [2.05, 4.69) is 40.1 Å². The van der Waals surface area contributed by atoms with E-state index in [9.17, 15) is 0 Å². The fourth-order valence-corrected chi connectivity index (χ4v) is 2.85. The van der Waals surface area contributed by atoms with Crippen molar-refractivity contribution in [3.63, 3.8) is 0 Å². The number of nitrogens with zero attached hydrogens (tertiary/aromatic N) is 1. The molecule has 2 rings (SSSR count). The van der Waals surface area contributed by atoms with Crippen LogP contribution in [-0.4, -0.2) is 44.7 Å². The molecule has 4 heteroatoms. The van der Waals surface area contributed by atoms with Crippen molar-refractivity contribution < 1.29 is 4.74 Å². The predicted octanol–water partition coefficient (Wildman–Crippen LogP) is 2.76. The van der Waals surface area contributed by atoms with E-state index in [1.54, 1.807) is 0 Å². The second-order valence-corrected chi connectivity index (χ2v) is 6.69. The molecule has 1 aromatic carbocycles. The highest BCUT2D eigenvalue weighted by molar-refractivity contribution is 9.10. The molecule has 1 aliphatic rings. The lowest BCUT2D eigenvalue weighted by Crippen LogP contribution is -2.37. The zero-order valence-electron chi connectivity index (χ0n) is 11.8. The first-order chi connectivity index (χ1) is 9.07. The van der Waals surface area contributed by atoms with Gasteiger partial charge in [0.05, 0.1) is 0 Å². The molecule has 106 valence electrons. The number of ether oxygens (including phenoxy) is 1. The Labute approximate surface area is 124 Å². The third-order valence-corrected chi connectivity index (χ3v) is 4.19. The zero-order valence-corrected chi connectivity index (χ0v) is 13.4. The number of hydrogen-bond acceptors (Lipinski definition) is 3. The molecule has 0 aromatic heterocycles. The highest BCUT2D eigenvalue weighted by Gasteiger charge is 2.29. The smallest absolute Gasteiger partial charge is 0.119 e. The van der Waals surface area contributed by atoms with Gasteiger partial charge in [-0.2, -0.15) is 0 Å². The molecule has 0 aliphatic carbocycles. The second kappa shape index (κ2) is 6.73. The maximum Gasteiger partial charge on any atom is 0.119 e. The summed E-state index contributed by atoms with van der Waals surface area (Å²) >= 11 is 3.42. The molecule has 0 spiro atoms. The number of rotatable bonds is 6. The van der Waals surface area contributed by atoms with Gasteiger partial charge in [0.25, 0.3) is 0 Å². The van der Waals surface area contributed by atoms with Gasteiger partial charge in [0, 0.05) is 24.1 Å². The van der Waals surface area contributed by atoms with Crippen LogP contribution in [0.5, 0.6) is 5.75 Å². The Bertz CT molecular complexity index is 388. The van der Waals surface area contributed by atoms with Crippen LogP contribution in [0.4, 0.5) is 0 Å². The average molecular weight is 327 g/mol. The van der Waals surface area contributed by atoms with Crippen molar-refractivity contribution in [2.45, 2.75) is 13.3 Å². The first-order valence-electron chi connectivity index (χ1n) is 6.85. The largest absolute Gasteiger partial charge is 0.492 e. The van der Waals surface area contributed by atoms with Crippen LogP contribution in [-0.2, 0) is 0 Å². The Morgan fingerprint density at radius 2 is 2.11 bits per heavy atom. The van der Waals surface area contributed by atoms with Gasteiger partial charge in [0.1, 0.15) is 12.4 Å². The van der Waals surface area contributed by atoms with Gasteiger partial charge in [-0.3, -0.25) is 0 Å². The quantitative estimate of drug-likeness (QED) is 0.870. The summed E-state index contributed by atoms with van der Waals surface area (Å²) in [6, 6.07) is 7.99. The highest BCUT2D eigenvalue weighted by atomic mass is 79.9. The van der Waals surface area contributed by atoms with Crippen molar-refractivity contribution in [3.8, 4) is 5.75 Å². The second-order valence-electron chi connectivity index (χ2n) is 5.78. The van der Waals surface area contributed by atoms with E-state index in [0.717, 1.165) is 43.0 Å². The molecule has 1 fully saturated rings. The van der Waals surface area contributed by atoms with Gasteiger partial charge in [0.15, 0.2) is 0 Å².